The lowest BCUT2D eigenvalue weighted by atomic mass is 9.84. The van der Waals surface area contributed by atoms with Crippen LogP contribution in [0.3, 0.4) is 0 Å². The van der Waals surface area contributed by atoms with Crippen LogP contribution in [-0.4, -0.2) is 29.6 Å². The van der Waals surface area contributed by atoms with E-state index in [2.05, 4.69) is 11.5 Å². The molecule has 1 aromatic rings. The van der Waals surface area contributed by atoms with Crippen LogP contribution in [0, 0.1) is 0 Å². The lowest BCUT2D eigenvalue weighted by Crippen LogP contribution is -2.42. The molecule has 1 fully saturated rings. The Balaban J connectivity index is 2.04. The standard InChI is InChI=1S/C14H19NO/c1-2-10-15-11-8-14(16,9-12-15)13-6-4-3-5-7-13/h2-7,16H,1,8-12H2. The third kappa shape index (κ3) is 2.34. The van der Waals surface area contributed by atoms with Crippen molar-refractivity contribution in [2.24, 2.45) is 0 Å². The van der Waals surface area contributed by atoms with Gasteiger partial charge >= 0.3 is 0 Å². The van der Waals surface area contributed by atoms with Crippen molar-refractivity contribution in [1.29, 1.82) is 0 Å². The first-order valence-electron chi connectivity index (χ1n) is 5.86. The fourth-order valence-electron chi connectivity index (χ4n) is 2.33. The summed E-state index contributed by atoms with van der Waals surface area (Å²) in [5, 5.41) is 10.6. The van der Waals surface area contributed by atoms with E-state index >= 15 is 0 Å². The van der Waals surface area contributed by atoms with Crippen molar-refractivity contribution in [3.8, 4) is 0 Å². The van der Waals surface area contributed by atoms with Gasteiger partial charge in [-0.15, -0.1) is 6.58 Å². The second kappa shape index (κ2) is 4.81. The van der Waals surface area contributed by atoms with Gasteiger partial charge in [0.1, 0.15) is 0 Å². The average molecular weight is 217 g/mol. The lowest BCUT2D eigenvalue weighted by Gasteiger charge is -2.38. The Bertz CT molecular complexity index is 339. The van der Waals surface area contributed by atoms with Gasteiger partial charge in [-0.2, -0.15) is 0 Å². The van der Waals surface area contributed by atoms with Crippen LogP contribution in [0.2, 0.25) is 0 Å². The Morgan fingerprint density at radius 1 is 1.25 bits per heavy atom. The van der Waals surface area contributed by atoms with E-state index in [1.165, 1.54) is 0 Å². The molecular formula is C14H19NO. The summed E-state index contributed by atoms with van der Waals surface area (Å²) in [5.74, 6) is 0. The van der Waals surface area contributed by atoms with Crippen molar-refractivity contribution in [1.82, 2.24) is 4.90 Å². The minimum absolute atomic E-state index is 0.626. The molecule has 0 saturated carbocycles. The molecule has 16 heavy (non-hydrogen) atoms. The maximum Gasteiger partial charge on any atom is 0.0920 e. The Morgan fingerprint density at radius 2 is 1.88 bits per heavy atom. The van der Waals surface area contributed by atoms with E-state index < -0.39 is 5.60 Å². The van der Waals surface area contributed by atoms with E-state index in [-0.39, 0.29) is 0 Å². The molecule has 0 spiro atoms. The minimum Gasteiger partial charge on any atom is -0.385 e. The summed E-state index contributed by atoms with van der Waals surface area (Å²) in [7, 11) is 0. The minimum atomic E-state index is -0.626. The molecule has 0 radical (unpaired) electrons. The van der Waals surface area contributed by atoms with Crippen molar-refractivity contribution in [3.63, 3.8) is 0 Å². The first kappa shape index (κ1) is 11.4. The zero-order chi connectivity index (χ0) is 11.4. The Labute approximate surface area is 97.2 Å². The number of likely N-dealkylation sites (tertiary alicyclic amines) is 1. The number of aliphatic hydroxyl groups is 1. The zero-order valence-electron chi connectivity index (χ0n) is 9.60. The highest BCUT2D eigenvalue weighted by Gasteiger charge is 2.33. The van der Waals surface area contributed by atoms with Crippen LogP contribution in [0.25, 0.3) is 0 Å². The zero-order valence-corrected chi connectivity index (χ0v) is 9.60. The number of rotatable bonds is 3. The first-order chi connectivity index (χ1) is 7.74. The van der Waals surface area contributed by atoms with E-state index in [0.29, 0.717) is 0 Å². The van der Waals surface area contributed by atoms with Crippen LogP contribution in [-0.2, 0) is 5.60 Å². The third-order valence-corrected chi connectivity index (χ3v) is 3.38. The van der Waals surface area contributed by atoms with Gasteiger partial charge in [-0.25, -0.2) is 0 Å². The van der Waals surface area contributed by atoms with Crippen LogP contribution in [0.4, 0.5) is 0 Å². The average Bonchev–Trinajstić information content (AvgIpc) is 2.34. The molecule has 0 unspecified atom stereocenters. The quantitative estimate of drug-likeness (QED) is 0.784. The fourth-order valence-corrected chi connectivity index (χ4v) is 2.33. The summed E-state index contributed by atoms with van der Waals surface area (Å²) in [4.78, 5) is 2.32. The van der Waals surface area contributed by atoms with Crippen LogP contribution >= 0.6 is 0 Å². The molecule has 0 aromatic heterocycles. The number of piperidine rings is 1. The maximum absolute atomic E-state index is 10.6. The largest absolute Gasteiger partial charge is 0.385 e. The molecule has 0 atom stereocenters. The van der Waals surface area contributed by atoms with E-state index in [1.807, 2.05) is 36.4 Å². The van der Waals surface area contributed by atoms with Gasteiger partial charge in [-0.3, -0.25) is 4.90 Å². The highest BCUT2D eigenvalue weighted by atomic mass is 16.3. The molecule has 1 aromatic carbocycles. The van der Waals surface area contributed by atoms with Crippen molar-refractivity contribution in [2.45, 2.75) is 18.4 Å². The molecule has 1 saturated heterocycles. The first-order valence-corrected chi connectivity index (χ1v) is 5.86. The summed E-state index contributed by atoms with van der Waals surface area (Å²) in [6.45, 7) is 6.55. The lowest BCUT2D eigenvalue weighted by molar-refractivity contribution is -0.0233. The monoisotopic (exact) mass is 217 g/mol. The van der Waals surface area contributed by atoms with Crippen molar-refractivity contribution in [3.05, 3.63) is 48.6 Å². The Hall–Kier alpha value is -1.12. The summed E-state index contributed by atoms with van der Waals surface area (Å²) in [5.41, 5.74) is 0.423. The second-order valence-electron chi connectivity index (χ2n) is 4.49. The Kier molecular flexibility index (Phi) is 3.42. The van der Waals surface area contributed by atoms with Gasteiger partial charge < -0.3 is 5.11 Å². The molecule has 1 aliphatic heterocycles. The molecular weight excluding hydrogens is 198 g/mol. The van der Waals surface area contributed by atoms with Gasteiger partial charge in [0, 0.05) is 19.6 Å². The summed E-state index contributed by atoms with van der Waals surface area (Å²) >= 11 is 0. The Morgan fingerprint density at radius 3 is 2.44 bits per heavy atom. The van der Waals surface area contributed by atoms with Crippen molar-refractivity contribution >= 4 is 0 Å². The summed E-state index contributed by atoms with van der Waals surface area (Å²) in [6, 6.07) is 10.00. The van der Waals surface area contributed by atoms with E-state index in [0.717, 1.165) is 38.0 Å². The molecule has 1 N–H and O–H groups in total. The smallest absolute Gasteiger partial charge is 0.0920 e. The molecule has 0 bridgehead atoms. The molecule has 0 amide bonds. The molecule has 2 nitrogen and oxygen atoms in total. The van der Waals surface area contributed by atoms with Crippen LogP contribution in [0.5, 0.6) is 0 Å². The van der Waals surface area contributed by atoms with Crippen molar-refractivity contribution < 1.29 is 5.11 Å². The van der Waals surface area contributed by atoms with E-state index in [1.54, 1.807) is 0 Å². The van der Waals surface area contributed by atoms with Gasteiger partial charge in [-0.05, 0) is 18.4 Å². The highest BCUT2D eigenvalue weighted by molar-refractivity contribution is 5.22. The molecule has 1 heterocycles. The van der Waals surface area contributed by atoms with Gasteiger partial charge in [0.05, 0.1) is 5.60 Å². The molecule has 2 rings (SSSR count). The summed E-state index contributed by atoms with van der Waals surface area (Å²) in [6.07, 6.45) is 3.54. The normalized spacial score (nSPS) is 20.6. The van der Waals surface area contributed by atoms with Crippen molar-refractivity contribution in [2.75, 3.05) is 19.6 Å². The highest BCUT2D eigenvalue weighted by Crippen LogP contribution is 2.32. The van der Waals surface area contributed by atoms with Gasteiger partial charge in [-0.1, -0.05) is 36.4 Å². The van der Waals surface area contributed by atoms with Gasteiger partial charge in [0.15, 0.2) is 0 Å². The predicted molar refractivity (Wildman–Crippen MR) is 66.2 cm³/mol. The molecule has 0 aliphatic carbocycles. The molecule has 2 heteroatoms. The van der Waals surface area contributed by atoms with Crippen LogP contribution in [0.1, 0.15) is 18.4 Å². The summed E-state index contributed by atoms with van der Waals surface area (Å²) < 4.78 is 0. The molecule has 86 valence electrons. The van der Waals surface area contributed by atoms with Crippen LogP contribution in [0.15, 0.2) is 43.0 Å². The molecule has 1 aliphatic rings. The fraction of sp³-hybridized carbons (Fsp3) is 0.429. The SMILES string of the molecule is C=CCN1CCC(O)(c2ccccc2)CC1. The van der Waals surface area contributed by atoms with Gasteiger partial charge in [0.25, 0.3) is 0 Å². The van der Waals surface area contributed by atoms with Crippen LogP contribution < -0.4 is 0 Å². The predicted octanol–water partition coefficient (Wildman–Crippen LogP) is 2.16. The third-order valence-electron chi connectivity index (χ3n) is 3.38. The second-order valence-corrected chi connectivity index (χ2v) is 4.49. The topological polar surface area (TPSA) is 23.5 Å². The van der Waals surface area contributed by atoms with E-state index in [9.17, 15) is 5.11 Å². The number of hydrogen-bond acceptors (Lipinski definition) is 2. The number of benzene rings is 1. The maximum atomic E-state index is 10.6. The number of nitrogens with zero attached hydrogens (tertiary/aromatic N) is 1. The van der Waals surface area contributed by atoms with Gasteiger partial charge in [0.2, 0.25) is 0 Å². The van der Waals surface area contributed by atoms with E-state index in [4.69, 9.17) is 0 Å². The number of hydrogen-bond donors (Lipinski definition) is 1.